The highest BCUT2D eigenvalue weighted by Gasteiger charge is 2.00. The Morgan fingerprint density at radius 1 is 1.43 bits per heavy atom. The Morgan fingerprint density at radius 2 is 2.30 bits per heavy atom. The van der Waals surface area contributed by atoms with Gasteiger partial charge in [-0.3, -0.25) is 0 Å². The summed E-state index contributed by atoms with van der Waals surface area (Å²) in [6.07, 6.45) is 6.22. The standard InChI is InChI=1S/C15H22N6O.HI/c1-2-22-10-4-6-18-15(16)19-12-13-5-8-17-14(11-13)21-9-3-7-20-21;/h3,5,7-9,11H,2,4,6,10,12H2,1H3,(H3,16,18,19);1H. The molecule has 0 unspecified atom stereocenters. The minimum Gasteiger partial charge on any atom is -0.382 e. The molecule has 2 rings (SSSR count). The van der Waals surface area contributed by atoms with Crippen LogP contribution in [0.4, 0.5) is 0 Å². The lowest BCUT2D eigenvalue weighted by atomic mass is 10.2. The summed E-state index contributed by atoms with van der Waals surface area (Å²) in [6.45, 7) is 4.71. The molecule has 0 fully saturated rings. The third-order valence-corrected chi connectivity index (χ3v) is 2.96. The van der Waals surface area contributed by atoms with E-state index in [1.807, 2.05) is 31.3 Å². The molecule has 0 aliphatic rings. The zero-order valence-electron chi connectivity index (χ0n) is 13.2. The van der Waals surface area contributed by atoms with Crippen molar-refractivity contribution in [1.82, 2.24) is 20.1 Å². The first kappa shape index (κ1) is 19.4. The van der Waals surface area contributed by atoms with Gasteiger partial charge < -0.3 is 15.8 Å². The molecule has 0 radical (unpaired) electrons. The van der Waals surface area contributed by atoms with E-state index in [0.29, 0.717) is 12.5 Å². The molecule has 7 nitrogen and oxygen atoms in total. The first-order valence-corrected chi connectivity index (χ1v) is 7.36. The molecule has 0 bridgehead atoms. The van der Waals surface area contributed by atoms with Gasteiger partial charge in [0.1, 0.15) is 0 Å². The highest BCUT2D eigenvalue weighted by atomic mass is 127. The van der Waals surface area contributed by atoms with Crippen LogP contribution in [0.2, 0.25) is 0 Å². The van der Waals surface area contributed by atoms with E-state index in [1.54, 1.807) is 17.1 Å². The molecule has 0 aliphatic carbocycles. The molecule has 8 heteroatoms. The molecule has 0 atom stereocenters. The molecule has 0 aromatic carbocycles. The SMILES string of the molecule is CCOCCCNC(N)=NCc1ccnc(-n2cccn2)c1.I. The summed E-state index contributed by atoms with van der Waals surface area (Å²) in [5.41, 5.74) is 6.86. The van der Waals surface area contributed by atoms with Crippen molar-refractivity contribution in [3.05, 3.63) is 42.4 Å². The average molecular weight is 430 g/mol. The van der Waals surface area contributed by atoms with E-state index in [1.165, 1.54) is 0 Å². The van der Waals surface area contributed by atoms with Crippen LogP contribution in [0.15, 0.2) is 41.8 Å². The van der Waals surface area contributed by atoms with Crippen molar-refractivity contribution in [3.8, 4) is 5.82 Å². The highest BCUT2D eigenvalue weighted by Crippen LogP contribution is 2.07. The molecule has 0 spiro atoms. The predicted octanol–water partition coefficient (Wildman–Crippen LogP) is 1.72. The highest BCUT2D eigenvalue weighted by molar-refractivity contribution is 14.0. The summed E-state index contributed by atoms with van der Waals surface area (Å²) < 4.78 is 6.97. The van der Waals surface area contributed by atoms with Gasteiger partial charge in [0, 0.05) is 38.3 Å². The van der Waals surface area contributed by atoms with Crippen LogP contribution in [0.3, 0.4) is 0 Å². The van der Waals surface area contributed by atoms with Crippen molar-refractivity contribution in [1.29, 1.82) is 0 Å². The number of pyridine rings is 1. The van der Waals surface area contributed by atoms with Gasteiger partial charge >= 0.3 is 0 Å². The van der Waals surface area contributed by atoms with Gasteiger partial charge in [0.25, 0.3) is 0 Å². The smallest absolute Gasteiger partial charge is 0.188 e. The van der Waals surface area contributed by atoms with Crippen LogP contribution in [-0.2, 0) is 11.3 Å². The molecule has 126 valence electrons. The van der Waals surface area contributed by atoms with Crippen LogP contribution < -0.4 is 11.1 Å². The van der Waals surface area contributed by atoms with E-state index in [9.17, 15) is 0 Å². The van der Waals surface area contributed by atoms with E-state index in [2.05, 4.69) is 20.4 Å². The first-order valence-electron chi connectivity index (χ1n) is 7.36. The van der Waals surface area contributed by atoms with Crippen LogP contribution in [0, 0.1) is 0 Å². The number of hydrogen-bond acceptors (Lipinski definition) is 4. The van der Waals surface area contributed by atoms with Crippen molar-refractivity contribution >= 4 is 29.9 Å². The number of hydrogen-bond donors (Lipinski definition) is 2. The summed E-state index contributed by atoms with van der Waals surface area (Å²) in [4.78, 5) is 8.60. The second-order valence-corrected chi connectivity index (χ2v) is 4.65. The lowest BCUT2D eigenvalue weighted by Gasteiger charge is -2.06. The lowest BCUT2D eigenvalue weighted by Crippen LogP contribution is -2.32. The zero-order valence-corrected chi connectivity index (χ0v) is 15.5. The van der Waals surface area contributed by atoms with Crippen molar-refractivity contribution < 1.29 is 4.74 Å². The number of rotatable bonds is 8. The maximum absolute atomic E-state index is 5.83. The quantitative estimate of drug-likeness (QED) is 0.288. The van der Waals surface area contributed by atoms with Gasteiger partial charge in [-0.2, -0.15) is 5.10 Å². The molecule has 0 aliphatic heterocycles. The van der Waals surface area contributed by atoms with Crippen molar-refractivity contribution in [3.63, 3.8) is 0 Å². The minimum atomic E-state index is 0. The Balaban J connectivity index is 0.00000264. The number of nitrogens with two attached hydrogens (primary N) is 1. The zero-order chi connectivity index (χ0) is 15.6. The Kier molecular flexibility index (Phi) is 9.22. The lowest BCUT2D eigenvalue weighted by molar-refractivity contribution is 0.145. The van der Waals surface area contributed by atoms with E-state index in [-0.39, 0.29) is 24.0 Å². The fourth-order valence-corrected chi connectivity index (χ4v) is 1.86. The Labute approximate surface area is 153 Å². The molecule has 2 aromatic rings. The largest absolute Gasteiger partial charge is 0.382 e. The maximum atomic E-state index is 5.83. The number of aliphatic imine (C=N–C) groups is 1. The van der Waals surface area contributed by atoms with Crippen LogP contribution in [0.25, 0.3) is 5.82 Å². The average Bonchev–Trinajstić information content (AvgIpc) is 3.07. The van der Waals surface area contributed by atoms with E-state index >= 15 is 0 Å². The normalized spacial score (nSPS) is 11.1. The third kappa shape index (κ3) is 6.95. The number of guanidine groups is 1. The second-order valence-electron chi connectivity index (χ2n) is 4.65. The molecule has 3 N–H and O–H groups in total. The number of ether oxygens (including phenoxy) is 1. The molecule has 0 saturated heterocycles. The predicted molar refractivity (Wildman–Crippen MR) is 101 cm³/mol. The van der Waals surface area contributed by atoms with Crippen molar-refractivity contribution in [2.75, 3.05) is 19.8 Å². The summed E-state index contributed by atoms with van der Waals surface area (Å²) in [5, 5.41) is 7.23. The van der Waals surface area contributed by atoms with E-state index in [0.717, 1.165) is 37.6 Å². The topological polar surface area (TPSA) is 90.4 Å². The second kappa shape index (κ2) is 10.9. The van der Waals surface area contributed by atoms with Gasteiger partial charge in [-0.15, -0.1) is 24.0 Å². The van der Waals surface area contributed by atoms with Crippen LogP contribution in [-0.4, -0.2) is 40.5 Å². The fraction of sp³-hybridized carbons (Fsp3) is 0.400. The van der Waals surface area contributed by atoms with Gasteiger partial charge in [-0.25, -0.2) is 14.7 Å². The molecule has 2 heterocycles. The molecule has 2 aromatic heterocycles. The molecular weight excluding hydrogens is 407 g/mol. The minimum absolute atomic E-state index is 0. The molecule has 0 saturated carbocycles. The van der Waals surface area contributed by atoms with Gasteiger partial charge in [-0.1, -0.05) is 0 Å². The first-order chi connectivity index (χ1) is 10.8. The van der Waals surface area contributed by atoms with Gasteiger partial charge in [0.05, 0.1) is 6.54 Å². The number of nitrogens with zero attached hydrogens (tertiary/aromatic N) is 4. The van der Waals surface area contributed by atoms with Gasteiger partial charge in [0.15, 0.2) is 11.8 Å². The summed E-state index contributed by atoms with van der Waals surface area (Å²) in [7, 11) is 0. The summed E-state index contributed by atoms with van der Waals surface area (Å²) >= 11 is 0. The summed E-state index contributed by atoms with van der Waals surface area (Å²) in [6, 6.07) is 5.72. The summed E-state index contributed by atoms with van der Waals surface area (Å²) in [5.74, 6) is 1.20. The number of nitrogens with one attached hydrogen (secondary N) is 1. The molecule has 0 amide bonds. The van der Waals surface area contributed by atoms with Crippen LogP contribution >= 0.6 is 24.0 Å². The Hall–Kier alpha value is -1.68. The fourth-order valence-electron chi connectivity index (χ4n) is 1.86. The van der Waals surface area contributed by atoms with Gasteiger partial charge in [0.2, 0.25) is 0 Å². The maximum Gasteiger partial charge on any atom is 0.188 e. The van der Waals surface area contributed by atoms with Gasteiger partial charge in [-0.05, 0) is 37.1 Å². The Morgan fingerprint density at radius 3 is 3.04 bits per heavy atom. The van der Waals surface area contributed by atoms with Crippen LogP contribution in [0.5, 0.6) is 0 Å². The third-order valence-electron chi connectivity index (χ3n) is 2.96. The molecule has 23 heavy (non-hydrogen) atoms. The molecular formula is C15H23IN6O. The number of aromatic nitrogens is 3. The van der Waals surface area contributed by atoms with E-state index < -0.39 is 0 Å². The van der Waals surface area contributed by atoms with Crippen LogP contribution in [0.1, 0.15) is 18.9 Å². The Bertz CT molecular complexity index is 587. The van der Waals surface area contributed by atoms with E-state index in [4.69, 9.17) is 10.5 Å². The number of halogens is 1. The van der Waals surface area contributed by atoms with Crippen molar-refractivity contribution in [2.24, 2.45) is 10.7 Å². The monoisotopic (exact) mass is 430 g/mol. The van der Waals surface area contributed by atoms with Crippen molar-refractivity contribution in [2.45, 2.75) is 19.9 Å².